The first-order chi connectivity index (χ1) is 3.41. The van der Waals surface area contributed by atoms with Gasteiger partial charge in [-0.1, -0.05) is 13.3 Å². The summed E-state index contributed by atoms with van der Waals surface area (Å²) in [6.45, 7) is 3.84. The molecule has 0 aliphatic rings. The molecule has 0 aliphatic heterocycles. The third-order valence-corrected chi connectivity index (χ3v) is 0.851. The topological polar surface area (TPSA) is 38.0 Å². The molecule has 0 saturated carbocycles. The highest BCUT2D eigenvalue weighted by molar-refractivity contribution is 4.38. The summed E-state index contributed by atoms with van der Waals surface area (Å²) in [6.07, 6.45) is 2.48. The van der Waals surface area contributed by atoms with Gasteiger partial charge in [-0.15, -0.1) is 0 Å². The van der Waals surface area contributed by atoms with Crippen LogP contribution in [0.4, 0.5) is 0 Å². The zero-order valence-corrected chi connectivity index (χ0v) is 4.91. The molecule has 2 heteroatoms. The molecule has 7 heavy (non-hydrogen) atoms. The van der Waals surface area contributed by atoms with Crippen LogP contribution < -0.4 is 11.1 Å². The highest BCUT2D eigenvalue weighted by Crippen LogP contribution is 1.79. The van der Waals surface area contributed by atoms with Crippen LogP contribution >= 0.6 is 0 Å². The Morgan fingerprint density at radius 3 is 2.71 bits per heavy atom. The number of unbranched alkanes of at least 4 members (excludes halogenated alkanes) is 1. The van der Waals surface area contributed by atoms with Crippen LogP contribution in [0.25, 0.3) is 0 Å². The molecular weight excluding hydrogens is 88.1 g/mol. The van der Waals surface area contributed by atoms with Crippen molar-refractivity contribution in [2.45, 2.75) is 19.8 Å². The minimum absolute atomic E-state index is 0.611. The molecule has 2 nitrogen and oxygen atoms in total. The van der Waals surface area contributed by atoms with Crippen molar-refractivity contribution in [2.24, 2.45) is 5.73 Å². The Morgan fingerprint density at radius 1 is 1.57 bits per heavy atom. The second-order valence-electron chi connectivity index (χ2n) is 1.56. The summed E-state index contributed by atoms with van der Waals surface area (Å²) in [5.74, 6) is 0. The minimum Gasteiger partial charge on any atom is -0.318 e. The molecule has 0 spiro atoms. The third kappa shape index (κ3) is 5.92. The van der Waals surface area contributed by atoms with Crippen molar-refractivity contribution in [3.8, 4) is 0 Å². The van der Waals surface area contributed by atoms with Gasteiger partial charge in [0.05, 0.1) is 0 Å². The summed E-state index contributed by atoms with van der Waals surface area (Å²) in [5, 5.41) is 3.03. The Kier molecular flexibility index (Phi) is 5.85. The van der Waals surface area contributed by atoms with E-state index in [4.69, 9.17) is 5.73 Å². The second-order valence-corrected chi connectivity index (χ2v) is 1.56. The first-order valence-electron chi connectivity index (χ1n) is 2.82. The fraction of sp³-hybridized carbons (Fsp3) is 1.00. The largest absolute Gasteiger partial charge is 0.318 e. The van der Waals surface area contributed by atoms with E-state index in [1.54, 1.807) is 0 Å². The highest BCUT2D eigenvalue weighted by atomic mass is 14.9. The number of hydrogen-bond acceptors (Lipinski definition) is 2. The van der Waals surface area contributed by atoms with E-state index in [0.717, 1.165) is 6.54 Å². The van der Waals surface area contributed by atoms with Crippen LogP contribution in [0.2, 0.25) is 0 Å². The Hall–Kier alpha value is -0.0800. The molecule has 0 aliphatic carbocycles. The van der Waals surface area contributed by atoms with Gasteiger partial charge in [-0.3, -0.25) is 0 Å². The lowest BCUT2D eigenvalue weighted by Crippen LogP contribution is -2.22. The fourth-order valence-electron chi connectivity index (χ4n) is 0.404. The Balaban J connectivity index is 2.45. The average Bonchev–Trinajstić information content (AvgIpc) is 1.69. The van der Waals surface area contributed by atoms with Gasteiger partial charge < -0.3 is 11.1 Å². The van der Waals surface area contributed by atoms with Gasteiger partial charge in [-0.05, 0) is 13.0 Å². The molecule has 0 aromatic rings. The van der Waals surface area contributed by atoms with Crippen molar-refractivity contribution in [1.82, 2.24) is 5.32 Å². The highest BCUT2D eigenvalue weighted by Gasteiger charge is 1.77. The van der Waals surface area contributed by atoms with E-state index in [0.29, 0.717) is 6.67 Å². The number of rotatable bonds is 4. The first-order valence-corrected chi connectivity index (χ1v) is 2.82. The van der Waals surface area contributed by atoms with E-state index in [1.165, 1.54) is 12.8 Å². The van der Waals surface area contributed by atoms with Gasteiger partial charge >= 0.3 is 0 Å². The van der Waals surface area contributed by atoms with E-state index in [-0.39, 0.29) is 0 Å². The number of nitrogens with one attached hydrogen (secondary N) is 1. The summed E-state index contributed by atoms with van der Waals surface area (Å²) in [5.41, 5.74) is 5.16. The van der Waals surface area contributed by atoms with Crippen molar-refractivity contribution in [2.75, 3.05) is 13.2 Å². The summed E-state index contributed by atoms with van der Waals surface area (Å²) in [7, 11) is 0. The lowest BCUT2D eigenvalue weighted by molar-refractivity contribution is 0.653. The quantitative estimate of drug-likeness (QED) is 0.395. The molecule has 0 rings (SSSR count). The van der Waals surface area contributed by atoms with E-state index in [2.05, 4.69) is 12.2 Å². The van der Waals surface area contributed by atoms with E-state index < -0.39 is 0 Å². The molecule has 0 bridgehead atoms. The lowest BCUT2D eigenvalue weighted by Gasteiger charge is -1.95. The van der Waals surface area contributed by atoms with Crippen LogP contribution in [0.3, 0.4) is 0 Å². The van der Waals surface area contributed by atoms with Gasteiger partial charge in [0.25, 0.3) is 0 Å². The molecule has 0 unspecified atom stereocenters. The molecule has 0 aromatic carbocycles. The monoisotopic (exact) mass is 102 g/mol. The smallest absolute Gasteiger partial charge is 0.0428 e. The predicted molar refractivity (Wildman–Crippen MR) is 32.0 cm³/mol. The van der Waals surface area contributed by atoms with Crippen molar-refractivity contribution < 1.29 is 0 Å². The molecule has 0 heterocycles. The van der Waals surface area contributed by atoms with Crippen LogP contribution in [0.1, 0.15) is 19.8 Å². The fourth-order valence-corrected chi connectivity index (χ4v) is 0.404. The summed E-state index contributed by atoms with van der Waals surface area (Å²) >= 11 is 0. The lowest BCUT2D eigenvalue weighted by atomic mass is 10.3. The summed E-state index contributed by atoms with van der Waals surface area (Å²) in [6, 6.07) is 0. The van der Waals surface area contributed by atoms with Crippen molar-refractivity contribution >= 4 is 0 Å². The molecule has 0 radical (unpaired) electrons. The van der Waals surface area contributed by atoms with E-state index in [9.17, 15) is 0 Å². The molecular formula is C5H14N2. The van der Waals surface area contributed by atoms with Gasteiger partial charge in [0.15, 0.2) is 0 Å². The molecule has 0 amide bonds. The average molecular weight is 102 g/mol. The van der Waals surface area contributed by atoms with Crippen molar-refractivity contribution in [3.05, 3.63) is 0 Å². The minimum atomic E-state index is 0.611. The second kappa shape index (κ2) is 5.92. The number of hydrogen-bond donors (Lipinski definition) is 2. The summed E-state index contributed by atoms with van der Waals surface area (Å²) in [4.78, 5) is 0. The third-order valence-electron chi connectivity index (χ3n) is 0.851. The standard InChI is InChI=1S/C5H14N2/c1-2-3-4-7-5-6/h7H,2-6H2,1H3. The normalized spacial score (nSPS) is 9.43. The van der Waals surface area contributed by atoms with Crippen molar-refractivity contribution in [3.63, 3.8) is 0 Å². The van der Waals surface area contributed by atoms with Gasteiger partial charge in [-0.25, -0.2) is 0 Å². The van der Waals surface area contributed by atoms with Crippen LogP contribution in [-0.2, 0) is 0 Å². The maximum atomic E-state index is 5.16. The molecule has 44 valence electrons. The van der Waals surface area contributed by atoms with Gasteiger partial charge in [0, 0.05) is 6.67 Å². The molecule has 0 fully saturated rings. The zero-order chi connectivity index (χ0) is 5.54. The Labute approximate surface area is 45.1 Å². The first kappa shape index (κ1) is 6.92. The van der Waals surface area contributed by atoms with Crippen molar-refractivity contribution in [1.29, 1.82) is 0 Å². The maximum absolute atomic E-state index is 5.16. The zero-order valence-electron chi connectivity index (χ0n) is 4.91. The van der Waals surface area contributed by atoms with Crippen LogP contribution in [0.15, 0.2) is 0 Å². The van der Waals surface area contributed by atoms with E-state index in [1.807, 2.05) is 0 Å². The Bertz CT molecular complexity index is 25.3. The van der Waals surface area contributed by atoms with Crippen LogP contribution in [0.5, 0.6) is 0 Å². The Morgan fingerprint density at radius 2 is 2.29 bits per heavy atom. The SMILES string of the molecule is CCCCNCN. The summed E-state index contributed by atoms with van der Waals surface area (Å²) < 4.78 is 0. The molecule has 3 N–H and O–H groups in total. The number of nitrogens with two attached hydrogens (primary N) is 1. The van der Waals surface area contributed by atoms with Gasteiger partial charge in [-0.2, -0.15) is 0 Å². The molecule has 0 aromatic heterocycles. The van der Waals surface area contributed by atoms with Crippen LogP contribution in [-0.4, -0.2) is 13.2 Å². The predicted octanol–water partition coefficient (Wildman–Crippen LogP) is 0.292. The molecule has 0 atom stereocenters. The van der Waals surface area contributed by atoms with Gasteiger partial charge in [0.1, 0.15) is 0 Å². The van der Waals surface area contributed by atoms with E-state index >= 15 is 0 Å². The van der Waals surface area contributed by atoms with Gasteiger partial charge in [0.2, 0.25) is 0 Å². The van der Waals surface area contributed by atoms with Crippen LogP contribution in [0, 0.1) is 0 Å². The molecule has 0 saturated heterocycles. The maximum Gasteiger partial charge on any atom is 0.0428 e.